The number of anilines is 4. The number of benzene rings is 12. The highest BCUT2D eigenvalue weighted by molar-refractivity contribution is 6.94. The molecule has 2 aliphatic heterocycles. The molecule has 3 aliphatic rings. The third kappa shape index (κ3) is 8.50. The SMILES string of the molecule is CC(C)(C)c1ccc(C2=CC3=C4B(c5cc(-c6ccccc6)ccc5N3c3c(-c5ccccc5)cccc3-c3ccccc3)c3cc(-n5c6ccccc6c6ccccc65)ccc3N(c3c(-c5ccccc5)cccc3-c3ccccc3)C4C2)cc1. The first-order valence-electron chi connectivity index (χ1n) is 30.3. The fourth-order valence-electron chi connectivity index (χ4n) is 14.4. The van der Waals surface area contributed by atoms with Gasteiger partial charge in [-0.3, -0.25) is 0 Å². The van der Waals surface area contributed by atoms with Crippen molar-refractivity contribution < 1.29 is 0 Å². The first-order valence-corrected chi connectivity index (χ1v) is 30.3. The van der Waals surface area contributed by atoms with Crippen LogP contribution in [0.5, 0.6) is 0 Å². The molecule has 16 rings (SSSR count). The molecule has 0 radical (unpaired) electrons. The quantitative estimate of drug-likeness (QED) is 0.133. The largest absolute Gasteiger partial charge is 0.334 e. The van der Waals surface area contributed by atoms with Gasteiger partial charge in [0.15, 0.2) is 0 Å². The zero-order valence-corrected chi connectivity index (χ0v) is 48.6. The van der Waals surface area contributed by atoms with Crippen LogP contribution in [0.15, 0.2) is 314 Å². The monoisotopic (exact) mass is 1100 g/mol. The normalized spacial score (nSPS) is 14.5. The van der Waals surface area contributed by atoms with Crippen molar-refractivity contribution in [3.63, 3.8) is 0 Å². The summed E-state index contributed by atoms with van der Waals surface area (Å²) in [7, 11) is 0. The lowest BCUT2D eigenvalue weighted by Gasteiger charge is -2.51. The molecule has 3 heterocycles. The second kappa shape index (κ2) is 20.7. The number of para-hydroxylation sites is 4. The number of hydrogen-bond donors (Lipinski definition) is 0. The fraction of sp³-hybridized carbons (Fsp3) is 0.0732. The van der Waals surface area contributed by atoms with Crippen LogP contribution in [0.2, 0.25) is 0 Å². The van der Waals surface area contributed by atoms with E-state index < -0.39 is 0 Å². The van der Waals surface area contributed by atoms with Crippen LogP contribution >= 0.6 is 0 Å². The van der Waals surface area contributed by atoms with E-state index in [1.807, 2.05) is 0 Å². The van der Waals surface area contributed by atoms with Gasteiger partial charge < -0.3 is 14.4 Å². The predicted octanol–water partition coefficient (Wildman–Crippen LogP) is 20.0. The van der Waals surface area contributed by atoms with E-state index in [0.717, 1.165) is 17.8 Å². The number of nitrogens with zero attached hydrogens (tertiary/aromatic N) is 3. The Bertz CT molecular complexity index is 4640. The molecule has 0 spiro atoms. The van der Waals surface area contributed by atoms with E-state index in [1.165, 1.54) is 133 Å². The van der Waals surface area contributed by atoms with E-state index in [9.17, 15) is 0 Å². The third-order valence-corrected chi connectivity index (χ3v) is 18.3. The maximum atomic E-state index is 2.80. The van der Waals surface area contributed by atoms with Crippen molar-refractivity contribution in [2.45, 2.75) is 38.6 Å². The Morgan fingerprint density at radius 1 is 0.372 bits per heavy atom. The Labute approximate surface area is 504 Å². The van der Waals surface area contributed by atoms with Crippen LogP contribution in [0.3, 0.4) is 0 Å². The van der Waals surface area contributed by atoms with Gasteiger partial charge in [0.25, 0.3) is 0 Å². The standard InChI is InChI=1S/C82H62BN3/c1-82(2,3)63-46-43-56(44-47-63)62-52-77-79-78(53-62)86(81-67(59-31-15-7-16-32-59)39-24-40-68(81)60-33-17-8-18-34-60)76-50-48-64(84-73-41-21-19-35-69(73)70-36-20-22-42-74(70)84)54-72(76)83(79)71-51-61(55-25-9-4-10-26-55)45-49-75(71)85(77)80-65(57-27-11-5-12-28-57)37-23-38-66(80)58-29-13-6-14-30-58/h4-52,54,78H,53H2,1-3H3. The maximum Gasteiger partial charge on any atom is 0.247 e. The van der Waals surface area contributed by atoms with Crippen molar-refractivity contribution in [3.05, 3.63) is 326 Å². The molecule has 12 aromatic carbocycles. The minimum absolute atomic E-state index is 0.00316. The van der Waals surface area contributed by atoms with Gasteiger partial charge in [0.1, 0.15) is 0 Å². The van der Waals surface area contributed by atoms with Crippen LogP contribution in [0.1, 0.15) is 38.3 Å². The highest BCUT2D eigenvalue weighted by atomic mass is 15.2. The van der Waals surface area contributed by atoms with Crippen molar-refractivity contribution in [1.82, 2.24) is 4.57 Å². The summed E-state index contributed by atoms with van der Waals surface area (Å²) in [6, 6.07) is 111. The molecule has 0 N–H and O–H groups in total. The molecule has 0 fully saturated rings. The molecular formula is C82H62BN3. The molecule has 1 aliphatic carbocycles. The van der Waals surface area contributed by atoms with Gasteiger partial charge in [-0.05, 0) is 121 Å². The van der Waals surface area contributed by atoms with Gasteiger partial charge in [-0.2, -0.15) is 0 Å². The van der Waals surface area contributed by atoms with Crippen LogP contribution in [0, 0.1) is 0 Å². The Hall–Kier alpha value is -10.4. The van der Waals surface area contributed by atoms with Crippen LogP contribution in [-0.4, -0.2) is 17.3 Å². The minimum Gasteiger partial charge on any atom is -0.334 e. The molecule has 86 heavy (non-hydrogen) atoms. The predicted molar refractivity (Wildman–Crippen MR) is 365 cm³/mol. The first-order chi connectivity index (χ1) is 42.3. The average molecular weight is 1100 g/mol. The Morgan fingerprint density at radius 2 is 0.814 bits per heavy atom. The van der Waals surface area contributed by atoms with E-state index >= 15 is 0 Å². The van der Waals surface area contributed by atoms with E-state index in [4.69, 9.17) is 0 Å². The van der Waals surface area contributed by atoms with Gasteiger partial charge in [0.05, 0.1) is 28.5 Å². The highest BCUT2D eigenvalue weighted by Gasteiger charge is 2.50. The summed E-state index contributed by atoms with van der Waals surface area (Å²) in [5, 5.41) is 2.49. The van der Waals surface area contributed by atoms with E-state index in [1.54, 1.807) is 0 Å². The van der Waals surface area contributed by atoms with E-state index in [2.05, 4.69) is 338 Å². The molecular weight excluding hydrogens is 1040 g/mol. The Kier molecular flexibility index (Phi) is 12.4. The summed E-state index contributed by atoms with van der Waals surface area (Å²) in [6.45, 7) is 6.78. The van der Waals surface area contributed by atoms with Crippen molar-refractivity contribution in [2.24, 2.45) is 0 Å². The minimum atomic E-state index is -0.156. The fourth-order valence-corrected chi connectivity index (χ4v) is 14.4. The molecule has 0 bridgehead atoms. The van der Waals surface area contributed by atoms with Crippen LogP contribution < -0.4 is 20.7 Å². The molecule has 408 valence electrons. The number of hydrogen-bond acceptors (Lipinski definition) is 2. The smallest absolute Gasteiger partial charge is 0.247 e. The zero-order valence-electron chi connectivity index (χ0n) is 48.6. The van der Waals surface area contributed by atoms with Gasteiger partial charge in [-0.1, -0.05) is 282 Å². The summed E-state index contributed by atoms with van der Waals surface area (Å²) in [6.07, 6.45) is 3.36. The van der Waals surface area contributed by atoms with E-state index in [-0.39, 0.29) is 18.2 Å². The lowest BCUT2D eigenvalue weighted by Crippen LogP contribution is -2.61. The highest BCUT2D eigenvalue weighted by Crippen LogP contribution is 2.55. The lowest BCUT2D eigenvalue weighted by molar-refractivity contribution is 0.590. The van der Waals surface area contributed by atoms with Crippen molar-refractivity contribution in [1.29, 1.82) is 0 Å². The van der Waals surface area contributed by atoms with Crippen molar-refractivity contribution in [2.75, 3.05) is 9.80 Å². The molecule has 0 saturated heterocycles. The molecule has 1 unspecified atom stereocenters. The van der Waals surface area contributed by atoms with Crippen molar-refractivity contribution in [3.8, 4) is 61.3 Å². The molecule has 4 heteroatoms. The molecule has 1 atom stereocenters. The molecule has 0 amide bonds. The Morgan fingerprint density at radius 3 is 1.33 bits per heavy atom. The van der Waals surface area contributed by atoms with Gasteiger partial charge in [0, 0.05) is 55.8 Å². The maximum absolute atomic E-state index is 2.80. The average Bonchev–Trinajstić information content (AvgIpc) is 2.99. The van der Waals surface area contributed by atoms with Crippen LogP contribution in [0.25, 0.3) is 88.7 Å². The van der Waals surface area contributed by atoms with Gasteiger partial charge in [0.2, 0.25) is 6.71 Å². The summed E-state index contributed by atoms with van der Waals surface area (Å²) in [5.41, 5.74) is 29.0. The Balaban J connectivity index is 1.08. The van der Waals surface area contributed by atoms with Crippen molar-refractivity contribution >= 4 is 67.8 Å². The van der Waals surface area contributed by atoms with Crippen LogP contribution in [0.4, 0.5) is 22.7 Å². The van der Waals surface area contributed by atoms with E-state index in [0.29, 0.717) is 0 Å². The van der Waals surface area contributed by atoms with Gasteiger partial charge >= 0.3 is 0 Å². The second-order valence-corrected chi connectivity index (χ2v) is 24.3. The molecule has 13 aromatic rings. The molecule has 1 aromatic heterocycles. The molecule has 0 saturated carbocycles. The summed E-state index contributed by atoms with van der Waals surface area (Å²) >= 11 is 0. The number of aromatic nitrogens is 1. The van der Waals surface area contributed by atoms with Crippen LogP contribution in [-0.2, 0) is 5.41 Å². The first kappa shape index (κ1) is 51.2. The summed E-state index contributed by atoms with van der Waals surface area (Å²) in [4.78, 5) is 5.49. The summed E-state index contributed by atoms with van der Waals surface area (Å²) < 4.78 is 2.50. The second-order valence-electron chi connectivity index (χ2n) is 24.3. The van der Waals surface area contributed by atoms with Gasteiger partial charge in [-0.15, -0.1) is 0 Å². The summed E-state index contributed by atoms with van der Waals surface area (Å²) in [5.74, 6) is 0. The number of rotatable bonds is 9. The third-order valence-electron chi connectivity index (χ3n) is 18.3. The lowest BCUT2D eigenvalue weighted by atomic mass is 9.31. The van der Waals surface area contributed by atoms with Gasteiger partial charge in [-0.25, -0.2) is 0 Å². The zero-order chi connectivity index (χ0) is 57.5. The number of allylic oxidation sites excluding steroid dienone is 1. The number of fused-ring (bicyclic) bond motifs is 7. The molecule has 3 nitrogen and oxygen atoms in total. The topological polar surface area (TPSA) is 11.4 Å².